The van der Waals surface area contributed by atoms with Crippen LogP contribution in [0.5, 0.6) is 0 Å². The Labute approximate surface area is 215 Å². The number of carbonyl (C=O) groups is 1. The predicted molar refractivity (Wildman–Crippen MR) is 152 cm³/mol. The second kappa shape index (κ2) is 10.2. The first-order valence-corrected chi connectivity index (χ1v) is 12.7. The summed E-state index contributed by atoms with van der Waals surface area (Å²) >= 11 is 1.75. The maximum absolute atomic E-state index is 13.1. The summed E-state index contributed by atoms with van der Waals surface area (Å²) in [7, 11) is 0. The lowest BCUT2D eigenvalue weighted by Crippen LogP contribution is -2.48. The molecule has 4 nitrogen and oxygen atoms in total. The fourth-order valence-corrected chi connectivity index (χ4v) is 6.22. The van der Waals surface area contributed by atoms with Gasteiger partial charge in [-0.3, -0.25) is 9.69 Å². The molecule has 0 bridgehead atoms. The van der Waals surface area contributed by atoms with Gasteiger partial charge in [-0.2, -0.15) is 0 Å². The number of carbonyl (C=O) groups excluding carboxylic acids is 1. The summed E-state index contributed by atoms with van der Waals surface area (Å²) in [4.78, 5) is 18.0. The summed E-state index contributed by atoms with van der Waals surface area (Å²) in [6.07, 6.45) is 0. The van der Waals surface area contributed by atoms with Crippen molar-refractivity contribution in [2.75, 3.05) is 44.2 Å². The van der Waals surface area contributed by atoms with Crippen LogP contribution in [-0.4, -0.2) is 50.1 Å². The molecular weight excluding hydrogens is 474 g/mol. The Bertz CT molecular complexity index is 1480. The van der Waals surface area contributed by atoms with E-state index in [0.717, 1.165) is 49.1 Å². The Balaban J connectivity index is 0.00000253. The fourth-order valence-electron chi connectivity index (χ4n) is 5.08. The zero-order valence-corrected chi connectivity index (χ0v) is 21.1. The summed E-state index contributed by atoms with van der Waals surface area (Å²) in [5.41, 5.74) is 2.10. The van der Waals surface area contributed by atoms with E-state index in [4.69, 9.17) is 0 Å². The van der Waals surface area contributed by atoms with Crippen LogP contribution in [0.4, 0.5) is 5.69 Å². The number of nitrogens with zero attached hydrogens (tertiary/aromatic N) is 2. The smallest absolute Gasteiger partial charge is 0.252 e. The van der Waals surface area contributed by atoms with Crippen LogP contribution in [0, 0.1) is 0 Å². The minimum atomic E-state index is 0. The number of rotatable bonds is 5. The number of nitrogens with one attached hydrogen (secondary N) is 1. The van der Waals surface area contributed by atoms with Crippen LogP contribution >= 0.6 is 23.7 Å². The molecule has 5 aromatic rings. The van der Waals surface area contributed by atoms with Gasteiger partial charge >= 0.3 is 0 Å². The van der Waals surface area contributed by atoms with E-state index in [1.54, 1.807) is 11.3 Å². The highest BCUT2D eigenvalue weighted by Crippen LogP contribution is 2.35. The van der Waals surface area contributed by atoms with Crippen molar-refractivity contribution in [2.45, 2.75) is 0 Å². The second-order valence-corrected chi connectivity index (χ2v) is 9.94. The van der Waals surface area contributed by atoms with Crippen LogP contribution < -0.4 is 10.2 Å². The van der Waals surface area contributed by atoms with Crippen LogP contribution in [0.25, 0.3) is 30.9 Å². The van der Waals surface area contributed by atoms with E-state index in [0.29, 0.717) is 6.54 Å². The summed E-state index contributed by atoms with van der Waals surface area (Å²) in [5, 5.41) is 8.02. The second-order valence-electron chi connectivity index (χ2n) is 8.86. The third-order valence-corrected chi connectivity index (χ3v) is 7.98. The van der Waals surface area contributed by atoms with Gasteiger partial charge in [-0.05, 0) is 29.7 Å². The molecule has 1 aliphatic rings. The Kier molecular flexibility index (Phi) is 6.91. The first-order chi connectivity index (χ1) is 16.8. The van der Waals surface area contributed by atoms with Crippen molar-refractivity contribution in [3.63, 3.8) is 0 Å². The third-order valence-electron chi connectivity index (χ3n) is 6.84. The molecule has 0 spiro atoms. The number of piperazine rings is 1. The Morgan fingerprint density at radius 3 is 2.31 bits per heavy atom. The van der Waals surface area contributed by atoms with Crippen LogP contribution in [0.3, 0.4) is 0 Å². The maximum Gasteiger partial charge on any atom is 0.252 e. The lowest BCUT2D eigenvalue weighted by Gasteiger charge is -2.36. The summed E-state index contributed by atoms with van der Waals surface area (Å²) in [6, 6.07) is 29.5. The normalized spacial score (nSPS) is 14.3. The number of anilines is 1. The minimum absolute atomic E-state index is 0. The van der Waals surface area contributed by atoms with Gasteiger partial charge in [0.15, 0.2) is 0 Å². The zero-order chi connectivity index (χ0) is 22.9. The number of hydrogen-bond acceptors (Lipinski definition) is 4. The van der Waals surface area contributed by atoms with E-state index in [1.165, 1.54) is 25.9 Å². The lowest BCUT2D eigenvalue weighted by atomic mass is 10.1. The molecular formula is C29H28ClN3OS. The van der Waals surface area contributed by atoms with Crippen molar-refractivity contribution in [3.8, 4) is 0 Å². The van der Waals surface area contributed by atoms with Crippen LogP contribution in [0.2, 0.25) is 0 Å². The van der Waals surface area contributed by atoms with E-state index in [9.17, 15) is 4.79 Å². The van der Waals surface area contributed by atoms with Crippen molar-refractivity contribution in [1.29, 1.82) is 0 Å². The van der Waals surface area contributed by atoms with Crippen molar-refractivity contribution >= 4 is 66.3 Å². The fraction of sp³-hybridized carbons (Fsp3) is 0.207. The summed E-state index contributed by atoms with van der Waals surface area (Å²) in [5.74, 6) is 0.0172. The first kappa shape index (κ1) is 23.6. The Morgan fingerprint density at radius 1 is 0.771 bits per heavy atom. The van der Waals surface area contributed by atoms with Crippen molar-refractivity contribution in [1.82, 2.24) is 10.2 Å². The molecule has 0 aliphatic carbocycles. The van der Waals surface area contributed by atoms with Gasteiger partial charge in [0, 0.05) is 76.1 Å². The van der Waals surface area contributed by atoms with E-state index >= 15 is 0 Å². The van der Waals surface area contributed by atoms with Gasteiger partial charge < -0.3 is 10.2 Å². The van der Waals surface area contributed by atoms with Crippen molar-refractivity contribution in [3.05, 3.63) is 90.5 Å². The highest BCUT2D eigenvalue weighted by Gasteiger charge is 2.19. The first-order valence-electron chi connectivity index (χ1n) is 11.9. The third kappa shape index (κ3) is 4.59. The van der Waals surface area contributed by atoms with E-state index in [-0.39, 0.29) is 18.3 Å². The van der Waals surface area contributed by atoms with Gasteiger partial charge in [-0.25, -0.2) is 0 Å². The highest BCUT2D eigenvalue weighted by atomic mass is 35.5. The molecule has 0 saturated carbocycles. The molecule has 1 N–H and O–H groups in total. The van der Waals surface area contributed by atoms with E-state index in [2.05, 4.69) is 81.8 Å². The molecule has 0 atom stereocenters. The van der Waals surface area contributed by atoms with Crippen LogP contribution in [0.1, 0.15) is 10.4 Å². The van der Waals surface area contributed by atoms with Gasteiger partial charge in [0.05, 0.1) is 0 Å². The van der Waals surface area contributed by atoms with E-state index < -0.39 is 0 Å². The van der Waals surface area contributed by atoms with E-state index in [1.807, 2.05) is 18.2 Å². The predicted octanol–water partition coefficient (Wildman–Crippen LogP) is 6.18. The van der Waals surface area contributed by atoms with Gasteiger partial charge in [-0.1, -0.05) is 60.7 Å². The van der Waals surface area contributed by atoms with Gasteiger partial charge in [-0.15, -0.1) is 23.7 Å². The molecule has 6 rings (SSSR count). The molecule has 35 heavy (non-hydrogen) atoms. The number of thiophene rings is 1. The topological polar surface area (TPSA) is 35.6 Å². The highest BCUT2D eigenvalue weighted by molar-refractivity contribution is 7.25. The molecule has 1 amide bonds. The molecule has 0 unspecified atom stereocenters. The zero-order valence-electron chi connectivity index (χ0n) is 19.4. The van der Waals surface area contributed by atoms with Gasteiger partial charge in [0.1, 0.15) is 0 Å². The van der Waals surface area contributed by atoms with Crippen molar-refractivity contribution in [2.24, 2.45) is 0 Å². The molecule has 1 fully saturated rings. The number of halogens is 1. The van der Waals surface area contributed by atoms with Gasteiger partial charge in [0.2, 0.25) is 0 Å². The molecule has 1 aliphatic heterocycles. The number of benzene rings is 4. The molecule has 4 aromatic carbocycles. The SMILES string of the molecule is Cl.O=C(NCCN1CCN(c2cccc3ccccc23)CC1)c1cccc2sc3ccccc3c12. The standard InChI is InChI=1S/C29H27N3OS.ClH/c33-29(24-11-6-14-27-28(24)23-10-3-4-13-26(23)34-27)30-15-16-31-17-19-32(20-18-31)25-12-5-8-21-7-1-2-9-22(21)25;/h1-14H,15-20H2,(H,30,33);1H. The molecule has 178 valence electrons. The molecule has 6 heteroatoms. The largest absolute Gasteiger partial charge is 0.368 e. The molecule has 2 heterocycles. The summed E-state index contributed by atoms with van der Waals surface area (Å²) < 4.78 is 2.39. The quantitative estimate of drug-likeness (QED) is 0.312. The number of amides is 1. The summed E-state index contributed by atoms with van der Waals surface area (Å²) in [6.45, 7) is 5.54. The number of hydrogen-bond donors (Lipinski definition) is 1. The molecule has 1 aromatic heterocycles. The monoisotopic (exact) mass is 501 g/mol. The molecule has 0 radical (unpaired) electrons. The average molecular weight is 502 g/mol. The van der Waals surface area contributed by atoms with Crippen LogP contribution in [0.15, 0.2) is 84.9 Å². The average Bonchev–Trinajstić information content (AvgIpc) is 3.28. The maximum atomic E-state index is 13.1. The Hall–Kier alpha value is -3.12. The van der Waals surface area contributed by atoms with Crippen molar-refractivity contribution < 1.29 is 4.79 Å². The van der Waals surface area contributed by atoms with Gasteiger partial charge in [0.25, 0.3) is 5.91 Å². The Morgan fingerprint density at radius 2 is 1.46 bits per heavy atom. The van der Waals surface area contributed by atoms with Crippen LogP contribution in [-0.2, 0) is 0 Å². The molecule has 1 saturated heterocycles. The number of fused-ring (bicyclic) bond motifs is 4. The minimum Gasteiger partial charge on any atom is -0.368 e. The lowest BCUT2D eigenvalue weighted by molar-refractivity contribution is 0.0949.